The van der Waals surface area contributed by atoms with E-state index in [0.717, 1.165) is 36.3 Å². The van der Waals surface area contributed by atoms with Crippen LogP contribution in [0.2, 0.25) is 0 Å². The van der Waals surface area contributed by atoms with Crippen molar-refractivity contribution in [1.29, 1.82) is 0 Å². The number of hydrogen-bond donors (Lipinski definition) is 1. The van der Waals surface area contributed by atoms with Crippen LogP contribution in [0, 0.1) is 5.82 Å². The van der Waals surface area contributed by atoms with Crippen molar-refractivity contribution in [3.05, 3.63) is 71.5 Å². The zero-order chi connectivity index (χ0) is 21.5. The molecular weight excluding hydrogens is 397 g/mol. The Hall–Kier alpha value is -2.32. The van der Waals surface area contributed by atoms with Gasteiger partial charge in [-0.3, -0.25) is 9.80 Å². The first kappa shape index (κ1) is 21.9. The molecule has 2 aromatic rings. The van der Waals surface area contributed by atoms with E-state index in [1.807, 2.05) is 30.3 Å². The molecule has 31 heavy (non-hydrogen) atoms. The van der Waals surface area contributed by atoms with Gasteiger partial charge in [-0.15, -0.1) is 0 Å². The molecule has 4 rings (SSSR count). The van der Waals surface area contributed by atoms with E-state index in [2.05, 4.69) is 15.0 Å². The molecule has 2 aromatic carbocycles. The molecule has 0 spiro atoms. The SMILES string of the molecule is OC(CN1CCOCC1)CN(Cc1ccc(F)cc1)CC1CC(c2ccccc2)=NO1. The second-order valence-corrected chi connectivity index (χ2v) is 8.22. The van der Waals surface area contributed by atoms with Crippen molar-refractivity contribution in [2.45, 2.75) is 25.2 Å². The van der Waals surface area contributed by atoms with E-state index in [0.29, 0.717) is 39.4 Å². The molecule has 1 saturated heterocycles. The number of nitrogens with zero attached hydrogens (tertiary/aromatic N) is 3. The highest BCUT2D eigenvalue weighted by molar-refractivity contribution is 6.01. The van der Waals surface area contributed by atoms with Gasteiger partial charge in [0.25, 0.3) is 0 Å². The summed E-state index contributed by atoms with van der Waals surface area (Å²) in [6, 6.07) is 16.6. The number of oxime groups is 1. The Kier molecular flexibility index (Phi) is 7.64. The highest BCUT2D eigenvalue weighted by Crippen LogP contribution is 2.19. The summed E-state index contributed by atoms with van der Waals surface area (Å²) in [6.45, 7) is 5.47. The molecule has 1 fully saturated rings. The van der Waals surface area contributed by atoms with Crippen LogP contribution in [0.25, 0.3) is 0 Å². The van der Waals surface area contributed by atoms with E-state index in [-0.39, 0.29) is 11.9 Å². The molecule has 166 valence electrons. The summed E-state index contributed by atoms with van der Waals surface area (Å²) in [5, 5.41) is 15.0. The van der Waals surface area contributed by atoms with Crippen LogP contribution in [-0.4, -0.2) is 78.8 Å². The average molecular weight is 428 g/mol. The maximum absolute atomic E-state index is 13.3. The zero-order valence-electron chi connectivity index (χ0n) is 17.7. The molecule has 1 N–H and O–H groups in total. The number of rotatable bonds is 9. The molecule has 0 saturated carbocycles. The molecule has 0 amide bonds. The van der Waals surface area contributed by atoms with E-state index in [1.165, 1.54) is 12.1 Å². The zero-order valence-corrected chi connectivity index (χ0v) is 17.7. The van der Waals surface area contributed by atoms with Gasteiger partial charge in [0, 0.05) is 45.7 Å². The molecule has 2 aliphatic rings. The standard InChI is InChI=1S/C24H30FN3O3/c25-21-8-6-19(7-9-21)15-28(17-22(29)16-27-10-12-30-13-11-27)18-23-14-24(26-31-23)20-4-2-1-3-5-20/h1-9,22-23,29H,10-18H2. The Bertz CT molecular complexity index is 841. The van der Waals surface area contributed by atoms with Crippen LogP contribution in [0.4, 0.5) is 4.39 Å². The first-order valence-electron chi connectivity index (χ1n) is 10.9. The average Bonchev–Trinajstić information content (AvgIpc) is 3.25. The van der Waals surface area contributed by atoms with E-state index in [1.54, 1.807) is 12.1 Å². The van der Waals surface area contributed by atoms with Crippen molar-refractivity contribution >= 4 is 5.71 Å². The van der Waals surface area contributed by atoms with Crippen LogP contribution < -0.4 is 0 Å². The fraction of sp³-hybridized carbons (Fsp3) is 0.458. The van der Waals surface area contributed by atoms with E-state index < -0.39 is 6.10 Å². The number of halogens is 1. The molecule has 0 aliphatic carbocycles. The predicted octanol–water partition coefficient (Wildman–Crippen LogP) is 2.51. The monoisotopic (exact) mass is 427 g/mol. The first-order valence-corrected chi connectivity index (χ1v) is 10.9. The van der Waals surface area contributed by atoms with E-state index in [4.69, 9.17) is 9.57 Å². The van der Waals surface area contributed by atoms with Gasteiger partial charge in [0.15, 0.2) is 0 Å². The second-order valence-electron chi connectivity index (χ2n) is 8.22. The lowest BCUT2D eigenvalue weighted by Crippen LogP contribution is -2.45. The van der Waals surface area contributed by atoms with Gasteiger partial charge in [0.2, 0.25) is 0 Å². The fourth-order valence-electron chi connectivity index (χ4n) is 4.10. The molecule has 2 heterocycles. The molecule has 2 atom stereocenters. The van der Waals surface area contributed by atoms with Crippen molar-refractivity contribution in [1.82, 2.24) is 9.80 Å². The van der Waals surface area contributed by atoms with Crippen LogP contribution in [0.5, 0.6) is 0 Å². The van der Waals surface area contributed by atoms with Crippen molar-refractivity contribution < 1.29 is 19.1 Å². The summed E-state index contributed by atoms with van der Waals surface area (Å²) in [5.41, 5.74) is 3.02. The molecule has 6 nitrogen and oxygen atoms in total. The number of benzene rings is 2. The van der Waals surface area contributed by atoms with Gasteiger partial charge < -0.3 is 14.7 Å². The largest absolute Gasteiger partial charge is 0.390 e. The lowest BCUT2D eigenvalue weighted by molar-refractivity contribution is -0.00266. The maximum Gasteiger partial charge on any atom is 0.145 e. The quantitative estimate of drug-likeness (QED) is 0.667. The molecule has 7 heteroatoms. The second kappa shape index (κ2) is 10.8. The summed E-state index contributed by atoms with van der Waals surface area (Å²) in [7, 11) is 0. The van der Waals surface area contributed by atoms with E-state index in [9.17, 15) is 9.50 Å². The minimum Gasteiger partial charge on any atom is -0.390 e. The van der Waals surface area contributed by atoms with Crippen LogP contribution in [0.15, 0.2) is 59.8 Å². The van der Waals surface area contributed by atoms with Crippen LogP contribution in [-0.2, 0) is 16.1 Å². The van der Waals surface area contributed by atoms with Gasteiger partial charge in [-0.2, -0.15) is 0 Å². The Morgan fingerprint density at radius 2 is 1.84 bits per heavy atom. The third-order valence-electron chi connectivity index (χ3n) is 5.66. The van der Waals surface area contributed by atoms with Crippen molar-refractivity contribution in [2.75, 3.05) is 45.9 Å². The predicted molar refractivity (Wildman–Crippen MR) is 117 cm³/mol. The molecule has 0 aromatic heterocycles. The van der Waals surface area contributed by atoms with Crippen LogP contribution in [0.1, 0.15) is 17.5 Å². The Labute approximate surface area is 182 Å². The summed E-state index contributed by atoms with van der Waals surface area (Å²) in [6.07, 6.45) is 0.157. The normalized spacial score (nSPS) is 20.5. The first-order chi connectivity index (χ1) is 15.2. The van der Waals surface area contributed by atoms with Crippen LogP contribution in [0.3, 0.4) is 0 Å². The van der Waals surface area contributed by atoms with Gasteiger partial charge in [0.05, 0.1) is 25.0 Å². The summed E-state index contributed by atoms with van der Waals surface area (Å²) >= 11 is 0. The Morgan fingerprint density at radius 3 is 2.58 bits per heavy atom. The molecule has 0 radical (unpaired) electrons. The van der Waals surface area contributed by atoms with Gasteiger partial charge in [-0.05, 0) is 23.3 Å². The third kappa shape index (κ3) is 6.58. The summed E-state index contributed by atoms with van der Waals surface area (Å²) in [4.78, 5) is 10.1. The number of aliphatic hydroxyl groups excluding tert-OH is 1. The molecular formula is C24H30FN3O3. The van der Waals surface area contributed by atoms with Crippen molar-refractivity contribution in [3.8, 4) is 0 Å². The number of ether oxygens (including phenoxy) is 1. The highest BCUT2D eigenvalue weighted by Gasteiger charge is 2.26. The number of morpholine rings is 1. The van der Waals surface area contributed by atoms with Gasteiger partial charge >= 0.3 is 0 Å². The Balaban J connectivity index is 1.36. The smallest absolute Gasteiger partial charge is 0.145 e. The highest BCUT2D eigenvalue weighted by atomic mass is 19.1. The van der Waals surface area contributed by atoms with Crippen LogP contribution >= 0.6 is 0 Å². The summed E-state index contributed by atoms with van der Waals surface area (Å²) in [5.74, 6) is -0.248. The lowest BCUT2D eigenvalue weighted by Gasteiger charge is -2.31. The minimum absolute atomic E-state index is 0.0776. The van der Waals surface area contributed by atoms with Gasteiger partial charge in [-0.1, -0.05) is 47.6 Å². The lowest BCUT2D eigenvalue weighted by atomic mass is 10.0. The molecule has 2 unspecified atom stereocenters. The van der Waals surface area contributed by atoms with Gasteiger partial charge in [0.1, 0.15) is 11.9 Å². The van der Waals surface area contributed by atoms with Crippen molar-refractivity contribution in [3.63, 3.8) is 0 Å². The number of β-amino-alcohol motifs (C(OH)–C–C–N with tert-alkyl or cyclic N) is 1. The van der Waals surface area contributed by atoms with E-state index >= 15 is 0 Å². The Morgan fingerprint density at radius 1 is 1.10 bits per heavy atom. The third-order valence-corrected chi connectivity index (χ3v) is 5.66. The number of hydrogen-bond acceptors (Lipinski definition) is 6. The number of aliphatic hydroxyl groups is 1. The van der Waals surface area contributed by atoms with Gasteiger partial charge in [-0.25, -0.2) is 4.39 Å². The molecule has 2 aliphatic heterocycles. The topological polar surface area (TPSA) is 57.5 Å². The summed E-state index contributed by atoms with van der Waals surface area (Å²) < 4.78 is 18.7. The fourth-order valence-corrected chi connectivity index (χ4v) is 4.10. The van der Waals surface area contributed by atoms with Crippen molar-refractivity contribution in [2.24, 2.45) is 5.16 Å². The minimum atomic E-state index is -0.491. The molecule has 0 bridgehead atoms. The maximum atomic E-state index is 13.3.